The van der Waals surface area contributed by atoms with Crippen molar-refractivity contribution in [2.75, 3.05) is 18.9 Å². The zero-order valence-electron chi connectivity index (χ0n) is 9.93. The molecule has 0 saturated carbocycles. The van der Waals surface area contributed by atoms with Crippen molar-refractivity contribution in [3.63, 3.8) is 0 Å². The van der Waals surface area contributed by atoms with Gasteiger partial charge in [-0.2, -0.15) is 0 Å². The molecule has 0 spiro atoms. The molecule has 1 aliphatic rings. The highest BCUT2D eigenvalue weighted by atomic mass is 16.2. The number of hydrogen-bond acceptors (Lipinski definition) is 2. The molecular weight excluding hydrogens is 228 g/mol. The van der Waals surface area contributed by atoms with Gasteiger partial charge in [-0.1, -0.05) is 24.3 Å². The van der Waals surface area contributed by atoms with Crippen molar-refractivity contribution >= 4 is 28.3 Å². The van der Waals surface area contributed by atoms with Crippen molar-refractivity contribution in [3.05, 3.63) is 42.0 Å². The minimum atomic E-state index is -0.167. The van der Waals surface area contributed by atoms with Gasteiger partial charge in [0.2, 0.25) is 5.91 Å². The summed E-state index contributed by atoms with van der Waals surface area (Å²) in [6.07, 6.45) is 0. The van der Waals surface area contributed by atoms with Crippen LogP contribution in [0.2, 0.25) is 0 Å². The normalized spacial score (nSPS) is 15.3. The minimum absolute atomic E-state index is 0.0872. The van der Waals surface area contributed by atoms with Crippen molar-refractivity contribution in [3.8, 4) is 0 Å². The highest BCUT2D eigenvalue weighted by Crippen LogP contribution is 2.26. The zero-order valence-corrected chi connectivity index (χ0v) is 9.93. The van der Waals surface area contributed by atoms with Crippen LogP contribution < -0.4 is 5.32 Å². The Morgan fingerprint density at radius 2 is 1.78 bits per heavy atom. The zero-order chi connectivity index (χ0) is 12.7. The minimum Gasteiger partial charge on any atom is -0.332 e. The maximum atomic E-state index is 12.2. The Morgan fingerprint density at radius 3 is 2.50 bits per heavy atom. The van der Waals surface area contributed by atoms with E-state index < -0.39 is 0 Å². The Hall–Kier alpha value is -2.36. The number of likely N-dealkylation sites (N-methyl/N-ethyl adjacent to an activating group) is 1. The number of benzene rings is 2. The molecule has 1 N–H and O–H groups in total. The van der Waals surface area contributed by atoms with E-state index >= 15 is 0 Å². The second-order valence-corrected chi connectivity index (χ2v) is 4.45. The van der Waals surface area contributed by atoms with Gasteiger partial charge in [0, 0.05) is 7.05 Å². The van der Waals surface area contributed by atoms with Gasteiger partial charge in [0.15, 0.2) is 0 Å². The van der Waals surface area contributed by atoms with E-state index in [-0.39, 0.29) is 18.4 Å². The molecule has 0 aromatic heterocycles. The second kappa shape index (κ2) is 3.84. The first-order valence-corrected chi connectivity index (χ1v) is 5.73. The molecule has 1 heterocycles. The summed E-state index contributed by atoms with van der Waals surface area (Å²) in [7, 11) is 1.63. The van der Waals surface area contributed by atoms with Crippen LogP contribution in [0.4, 0.5) is 5.69 Å². The molecule has 4 heteroatoms. The maximum Gasteiger partial charge on any atom is 0.256 e. The Bertz CT molecular complexity index is 664. The second-order valence-electron chi connectivity index (χ2n) is 4.45. The number of anilines is 1. The topological polar surface area (TPSA) is 49.4 Å². The number of hydrogen-bond donors (Lipinski definition) is 1. The van der Waals surface area contributed by atoms with Gasteiger partial charge in [0.05, 0.1) is 17.8 Å². The molecule has 0 unspecified atom stereocenters. The SMILES string of the molecule is CN1CC(=O)Nc2cc3ccccc3cc2C1=O. The third-order valence-corrected chi connectivity index (χ3v) is 3.12. The smallest absolute Gasteiger partial charge is 0.256 e. The van der Waals surface area contributed by atoms with E-state index in [9.17, 15) is 9.59 Å². The van der Waals surface area contributed by atoms with Gasteiger partial charge in [-0.25, -0.2) is 0 Å². The van der Waals surface area contributed by atoms with Gasteiger partial charge in [-0.05, 0) is 22.9 Å². The fraction of sp³-hybridized carbons (Fsp3) is 0.143. The maximum absolute atomic E-state index is 12.2. The van der Waals surface area contributed by atoms with Gasteiger partial charge >= 0.3 is 0 Å². The molecule has 0 bridgehead atoms. The number of carbonyl (C=O) groups excluding carboxylic acids is 2. The highest BCUT2D eigenvalue weighted by Gasteiger charge is 2.23. The summed E-state index contributed by atoms with van der Waals surface area (Å²) in [6, 6.07) is 11.4. The standard InChI is InChI=1S/C14H12N2O2/c1-16-8-13(17)15-12-7-10-5-3-2-4-9(10)6-11(12)14(16)18/h2-7H,8H2,1H3,(H,15,17). The number of nitrogens with one attached hydrogen (secondary N) is 1. The summed E-state index contributed by atoms with van der Waals surface area (Å²) < 4.78 is 0. The van der Waals surface area contributed by atoms with Crippen LogP contribution >= 0.6 is 0 Å². The summed E-state index contributed by atoms with van der Waals surface area (Å²) in [5.41, 5.74) is 1.13. The Kier molecular flexibility index (Phi) is 2.30. The molecule has 0 aliphatic carbocycles. The predicted octanol–water partition coefficient (Wildman–Crippen LogP) is 1.86. The molecule has 0 radical (unpaired) electrons. The van der Waals surface area contributed by atoms with Crippen LogP contribution in [0.25, 0.3) is 10.8 Å². The summed E-state index contributed by atoms with van der Waals surface area (Å²) in [5.74, 6) is -0.297. The first-order valence-electron chi connectivity index (χ1n) is 5.73. The van der Waals surface area contributed by atoms with Gasteiger partial charge in [0.25, 0.3) is 5.91 Å². The van der Waals surface area contributed by atoms with E-state index in [1.165, 1.54) is 4.90 Å². The Morgan fingerprint density at radius 1 is 1.11 bits per heavy atom. The number of nitrogens with zero attached hydrogens (tertiary/aromatic N) is 1. The van der Waals surface area contributed by atoms with Crippen LogP contribution in [-0.2, 0) is 4.79 Å². The van der Waals surface area contributed by atoms with E-state index in [2.05, 4.69) is 5.32 Å². The molecule has 2 amide bonds. The molecule has 4 nitrogen and oxygen atoms in total. The molecular formula is C14H12N2O2. The molecule has 0 saturated heterocycles. The molecule has 3 rings (SSSR count). The lowest BCUT2D eigenvalue weighted by Crippen LogP contribution is -2.31. The molecule has 2 aromatic rings. The average molecular weight is 240 g/mol. The van der Waals surface area contributed by atoms with Gasteiger partial charge in [0.1, 0.15) is 0 Å². The lowest BCUT2D eigenvalue weighted by Gasteiger charge is -2.12. The number of amides is 2. The molecule has 1 aliphatic heterocycles. The monoisotopic (exact) mass is 240 g/mol. The van der Waals surface area contributed by atoms with E-state index in [4.69, 9.17) is 0 Å². The average Bonchev–Trinajstić information content (AvgIpc) is 2.45. The van der Waals surface area contributed by atoms with Crippen molar-refractivity contribution < 1.29 is 9.59 Å². The van der Waals surface area contributed by atoms with Crippen LogP contribution in [0.3, 0.4) is 0 Å². The number of fused-ring (bicyclic) bond motifs is 2. The van der Waals surface area contributed by atoms with Gasteiger partial charge in [-0.15, -0.1) is 0 Å². The van der Waals surface area contributed by atoms with Crippen molar-refractivity contribution in [2.45, 2.75) is 0 Å². The van der Waals surface area contributed by atoms with Crippen LogP contribution in [-0.4, -0.2) is 30.3 Å². The molecule has 2 aromatic carbocycles. The van der Waals surface area contributed by atoms with Crippen molar-refractivity contribution in [1.29, 1.82) is 0 Å². The van der Waals surface area contributed by atoms with Crippen LogP contribution in [0.15, 0.2) is 36.4 Å². The highest BCUT2D eigenvalue weighted by molar-refractivity contribution is 6.11. The summed E-state index contributed by atoms with van der Waals surface area (Å²) in [5, 5.41) is 4.78. The summed E-state index contributed by atoms with van der Waals surface area (Å²) in [6.45, 7) is 0.0872. The largest absolute Gasteiger partial charge is 0.332 e. The number of carbonyl (C=O) groups is 2. The van der Waals surface area contributed by atoms with Crippen LogP contribution in [0.1, 0.15) is 10.4 Å². The first kappa shape index (κ1) is 10.8. The first-order chi connectivity index (χ1) is 8.65. The fourth-order valence-corrected chi connectivity index (χ4v) is 2.20. The van der Waals surface area contributed by atoms with Crippen molar-refractivity contribution in [2.24, 2.45) is 0 Å². The summed E-state index contributed by atoms with van der Waals surface area (Å²) in [4.78, 5) is 25.2. The lowest BCUT2D eigenvalue weighted by atomic mass is 10.0. The Labute approximate surface area is 104 Å². The van der Waals surface area contributed by atoms with Gasteiger partial charge in [-0.3, -0.25) is 9.59 Å². The van der Waals surface area contributed by atoms with E-state index in [0.717, 1.165) is 10.8 Å². The molecule has 90 valence electrons. The van der Waals surface area contributed by atoms with E-state index in [1.54, 1.807) is 7.05 Å². The third kappa shape index (κ3) is 1.62. The lowest BCUT2D eigenvalue weighted by molar-refractivity contribution is -0.116. The van der Waals surface area contributed by atoms with E-state index in [1.807, 2.05) is 36.4 Å². The van der Waals surface area contributed by atoms with E-state index in [0.29, 0.717) is 11.3 Å². The van der Waals surface area contributed by atoms with Gasteiger partial charge < -0.3 is 10.2 Å². The Balaban J connectivity index is 2.26. The van der Waals surface area contributed by atoms with Crippen LogP contribution in [0.5, 0.6) is 0 Å². The third-order valence-electron chi connectivity index (χ3n) is 3.12. The molecule has 0 fully saturated rings. The van der Waals surface area contributed by atoms with Crippen LogP contribution in [0, 0.1) is 0 Å². The predicted molar refractivity (Wildman–Crippen MR) is 69.5 cm³/mol. The number of rotatable bonds is 0. The fourth-order valence-electron chi connectivity index (χ4n) is 2.20. The quantitative estimate of drug-likeness (QED) is 0.764. The molecule has 0 atom stereocenters. The summed E-state index contributed by atoms with van der Waals surface area (Å²) >= 11 is 0. The molecule has 18 heavy (non-hydrogen) atoms. The van der Waals surface area contributed by atoms with Crippen molar-refractivity contribution in [1.82, 2.24) is 4.90 Å².